The zero-order valence-electron chi connectivity index (χ0n) is 9.85. The van der Waals surface area contributed by atoms with Crippen LogP contribution in [0.2, 0.25) is 0 Å². The maximum Gasteiger partial charge on any atom is 0.192 e. The molecule has 0 saturated heterocycles. The molecule has 0 N–H and O–H groups in total. The lowest BCUT2D eigenvalue weighted by molar-refractivity contribution is 0.142. The Labute approximate surface area is 89.4 Å². The number of hydrogen-bond donors (Lipinski definition) is 0. The van der Waals surface area contributed by atoms with Crippen LogP contribution in [-0.2, 0) is 4.43 Å². The van der Waals surface area contributed by atoms with Crippen LogP contribution in [0.5, 0.6) is 0 Å². The van der Waals surface area contributed by atoms with Gasteiger partial charge < -0.3 is 4.43 Å². The summed E-state index contributed by atoms with van der Waals surface area (Å²) in [6, 6.07) is 6.69. The third kappa shape index (κ3) is 4.07. The molecule has 0 amide bonds. The molecule has 0 radical (unpaired) electrons. The van der Waals surface area contributed by atoms with Gasteiger partial charge in [-0.2, -0.15) is 0 Å². The van der Waals surface area contributed by atoms with Gasteiger partial charge in [-0.1, -0.05) is 29.3 Å². The molecule has 1 aromatic carbocycles. The number of rotatable bonds is 2. The molecule has 14 heavy (non-hydrogen) atoms. The van der Waals surface area contributed by atoms with E-state index >= 15 is 0 Å². The van der Waals surface area contributed by atoms with Crippen LogP contribution in [-0.4, -0.2) is 15.4 Å². The van der Waals surface area contributed by atoms with Gasteiger partial charge in [0.1, 0.15) is 0 Å². The molecule has 1 rings (SSSR count). The monoisotopic (exact) mass is 208 g/mol. The van der Waals surface area contributed by atoms with E-state index in [9.17, 15) is 0 Å². The SMILES string of the molecule is Cc1cc(C)cc([SiH2]OC(C)(C)C)c1. The van der Waals surface area contributed by atoms with Gasteiger partial charge in [-0.15, -0.1) is 0 Å². The highest BCUT2D eigenvalue weighted by atomic mass is 28.2. The van der Waals surface area contributed by atoms with Crippen LogP contribution in [0.1, 0.15) is 31.9 Å². The number of hydrogen-bond acceptors (Lipinski definition) is 1. The van der Waals surface area contributed by atoms with Gasteiger partial charge in [0, 0.05) is 5.60 Å². The van der Waals surface area contributed by atoms with Gasteiger partial charge in [0.2, 0.25) is 0 Å². The normalized spacial score (nSPS) is 12.6. The molecule has 0 saturated carbocycles. The molecule has 0 aliphatic carbocycles. The van der Waals surface area contributed by atoms with E-state index in [-0.39, 0.29) is 5.60 Å². The summed E-state index contributed by atoms with van der Waals surface area (Å²) in [6.45, 7) is 10.6. The summed E-state index contributed by atoms with van der Waals surface area (Å²) >= 11 is 0. The minimum atomic E-state index is -0.558. The summed E-state index contributed by atoms with van der Waals surface area (Å²) in [5.41, 5.74) is 2.68. The van der Waals surface area contributed by atoms with E-state index in [0.29, 0.717) is 0 Å². The molecular weight excluding hydrogens is 188 g/mol. The molecule has 0 aliphatic rings. The van der Waals surface area contributed by atoms with Crippen molar-refractivity contribution in [3.63, 3.8) is 0 Å². The largest absolute Gasteiger partial charge is 0.414 e. The second-order valence-corrected chi connectivity index (χ2v) is 6.29. The second kappa shape index (κ2) is 4.28. The lowest BCUT2D eigenvalue weighted by Gasteiger charge is -2.20. The molecule has 0 bridgehead atoms. The molecule has 0 atom stereocenters. The fourth-order valence-electron chi connectivity index (χ4n) is 1.45. The van der Waals surface area contributed by atoms with Crippen LogP contribution < -0.4 is 5.19 Å². The average Bonchev–Trinajstić information content (AvgIpc) is 1.97. The summed E-state index contributed by atoms with van der Waals surface area (Å²) in [4.78, 5) is 0. The van der Waals surface area contributed by atoms with Gasteiger partial charge in [-0.05, 0) is 39.8 Å². The first kappa shape index (κ1) is 11.5. The van der Waals surface area contributed by atoms with Gasteiger partial charge in [0.05, 0.1) is 0 Å². The van der Waals surface area contributed by atoms with Crippen molar-refractivity contribution in [2.75, 3.05) is 0 Å². The second-order valence-electron chi connectivity index (χ2n) is 4.90. The smallest absolute Gasteiger partial charge is 0.192 e. The van der Waals surface area contributed by atoms with Gasteiger partial charge in [0.25, 0.3) is 0 Å². The minimum Gasteiger partial charge on any atom is -0.414 e. The number of benzene rings is 1. The van der Waals surface area contributed by atoms with Crippen molar-refractivity contribution >= 4 is 14.9 Å². The summed E-state index contributed by atoms with van der Waals surface area (Å²) in [6.07, 6.45) is 0. The van der Waals surface area contributed by atoms with E-state index < -0.39 is 9.76 Å². The lowest BCUT2D eigenvalue weighted by atomic mass is 10.2. The minimum absolute atomic E-state index is 0.00384. The molecule has 0 aromatic heterocycles. The third-order valence-corrected chi connectivity index (χ3v) is 3.71. The van der Waals surface area contributed by atoms with Crippen LogP contribution in [0, 0.1) is 13.8 Å². The molecule has 0 heterocycles. The molecule has 1 aromatic rings. The molecule has 78 valence electrons. The Morgan fingerprint density at radius 2 is 1.50 bits per heavy atom. The van der Waals surface area contributed by atoms with E-state index in [0.717, 1.165) is 0 Å². The van der Waals surface area contributed by atoms with Crippen molar-refractivity contribution in [1.29, 1.82) is 0 Å². The molecular formula is C12H20OSi. The fraction of sp³-hybridized carbons (Fsp3) is 0.500. The quantitative estimate of drug-likeness (QED) is 0.674. The topological polar surface area (TPSA) is 9.23 Å². The van der Waals surface area contributed by atoms with Crippen molar-refractivity contribution in [2.45, 2.75) is 40.2 Å². The molecule has 0 unspecified atom stereocenters. The van der Waals surface area contributed by atoms with Crippen LogP contribution in [0.25, 0.3) is 0 Å². The Balaban J connectivity index is 2.68. The standard InChI is InChI=1S/C12H20OSi/c1-9-6-10(2)8-11(7-9)14-13-12(3,4)5/h6-8H,14H2,1-5H3. The third-order valence-electron chi connectivity index (χ3n) is 1.95. The van der Waals surface area contributed by atoms with Crippen molar-refractivity contribution in [3.8, 4) is 0 Å². The van der Waals surface area contributed by atoms with Gasteiger partial charge in [-0.25, -0.2) is 0 Å². The van der Waals surface area contributed by atoms with E-state index in [4.69, 9.17) is 4.43 Å². The van der Waals surface area contributed by atoms with E-state index in [1.165, 1.54) is 16.3 Å². The van der Waals surface area contributed by atoms with Crippen molar-refractivity contribution < 1.29 is 4.43 Å². The Kier molecular flexibility index (Phi) is 3.51. The Morgan fingerprint density at radius 3 is 1.93 bits per heavy atom. The Bertz CT molecular complexity index is 292. The number of aryl methyl sites for hydroxylation is 2. The highest BCUT2D eigenvalue weighted by molar-refractivity contribution is 6.47. The Hall–Kier alpha value is -0.603. The van der Waals surface area contributed by atoms with Gasteiger partial charge in [-0.3, -0.25) is 0 Å². The highest BCUT2D eigenvalue weighted by Crippen LogP contribution is 2.06. The van der Waals surface area contributed by atoms with Crippen LogP contribution >= 0.6 is 0 Å². The zero-order valence-corrected chi connectivity index (χ0v) is 11.3. The molecule has 0 fully saturated rings. The van der Waals surface area contributed by atoms with Crippen LogP contribution in [0.3, 0.4) is 0 Å². The van der Waals surface area contributed by atoms with E-state index in [1.807, 2.05) is 0 Å². The summed E-state index contributed by atoms with van der Waals surface area (Å²) in [5, 5.41) is 1.40. The first-order chi connectivity index (χ1) is 6.37. The zero-order chi connectivity index (χ0) is 10.8. The predicted molar refractivity (Wildman–Crippen MR) is 64.9 cm³/mol. The predicted octanol–water partition coefficient (Wildman–Crippen LogP) is 1.83. The first-order valence-electron chi connectivity index (χ1n) is 5.08. The average molecular weight is 208 g/mol. The molecule has 0 spiro atoms. The lowest BCUT2D eigenvalue weighted by Crippen LogP contribution is -2.28. The molecule has 1 nitrogen and oxygen atoms in total. The van der Waals surface area contributed by atoms with Gasteiger partial charge in [0.15, 0.2) is 9.76 Å². The van der Waals surface area contributed by atoms with E-state index in [2.05, 4.69) is 52.8 Å². The first-order valence-corrected chi connectivity index (χ1v) is 6.36. The fourth-order valence-corrected chi connectivity index (χ4v) is 2.86. The van der Waals surface area contributed by atoms with Crippen molar-refractivity contribution in [2.24, 2.45) is 0 Å². The molecule has 2 heteroatoms. The maximum absolute atomic E-state index is 5.86. The maximum atomic E-state index is 5.86. The van der Waals surface area contributed by atoms with E-state index in [1.54, 1.807) is 0 Å². The highest BCUT2D eigenvalue weighted by Gasteiger charge is 2.10. The van der Waals surface area contributed by atoms with Crippen LogP contribution in [0.15, 0.2) is 18.2 Å². The van der Waals surface area contributed by atoms with Crippen molar-refractivity contribution in [1.82, 2.24) is 0 Å². The van der Waals surface area contributed by atoms with Crippen molar-refractivity contribution in [3.05, 3.63) is 29.3 Å². The Morgan fingerprint density at radius 1 is 1.00 bits per heavy atom. The van der Waals surface area contributed by atoms with Gasteiger partial charge >= 0.3 is 0 Å². The summed E-state index contributed by atoms with van der Waals surface area (Å²) in [5.74, 6) is 0. The molecule has 0 aliphatic heterocycles. The summed E-state index contributed by atoms with van der Waals surface area (Å²) in [7, 11) is -0.558. The van der Waals surface area contributed by atoms with Crippen LogP contribution in [0.4, 0.5) is 0 Å². The summed E-state index contributed by atoms with van der Waals surface area (Å²) < 4.78 is 5.86.